The summed E-state index contributed by atoms with van der Waals surface area (Å²) in [6, 6.07) is 0. The number of halogens is 1. The number of esters is 2. The van der Waals surface area contributed by atoms with Gasteiger partial charge in [-0.1, -0.05) is 23.8 Å². The van der Waals surface area contributed by atoms with Crippen LogP contribution < -0.4 is 0 Å². The molecule has 0 aromatic heterocycles. The molecule has 2 fully saturated rings. The van der Waals surface area contributed by atoms with Crippen molar-refractivity contribution in [3.63, 3.8) is 0 Å². The van der Waals surface area contributed by atoms with E-state index in [0.29, 0.717) is 17.6 Å². The van der Waals surface area contributed by atoms with Gasteiger partial charge in [0.05, 0.1) is 17.1 Å². The van der Waals surface area contributed by atoms with Crippen LogP contribution in [0, 0.1) is 11.8 Å². The van der Waals surface area contributed by atoms with Crippen LogP contribution in [0.2, 0.25) is 0 Å². The van der Waals surface area contributed by atoms with E-state index in [2.05, 4.69) is 6.58 Å². The zero-order chi connectivity index (χ0) is 19.8. The predicted molar refractivity (Wildman–Crippen MR) is 95.7 cm³/mol. The lowest BCUT2D eigenvalue weighted by Gasteiger charge is -2.28. The van der Waals surface area contributed by atoms with E-state index < -0.39 is 41.6 Å². The van der Waals surface area contributed by atoms with Gasteiger partial charge >= 0.3 is 11.9 Å². The van der Waals surface area contributed by atoms with Crippen LogP contribution in [0.4, 0.5) is 0 Å². The molecule has 0 spiro atoms. The number of rotatable bonds is 2. The molecule has 6 nitrogen and oxygen atoms in total. The summed E-state index contributed by atoms with van der Waals surface area (Å²) in [5.74, 6) is -2.24. The second kappa shape index (κ2) is 5.79. The quantitative estimate of drug-likeness (QED) is 0.408. The number of epoxide rings is 1. The van der Waals surface area contributed by atoms with Crippen molar-refractivity contribution in [3.05, 3.63) is 33.9 Å². The molecule has 0 amide bonds. The van der Waals surface area contributed by atoms with Gasteiger partial charge in [0.15, 0.2) is 5.60 Å². The Morgan fingerprint density at radius 1 is 1.33 bits per heavy atom. The second-order valence-corrected chi connectivity index (χ2v) is 8.31. The monoisotopic (exact) mass is 392 g/mol. The van der Waals surface area contributed by atoms with Crippen molar-refractivity contribution < 1.29 is 28.6 Å². The third-order valence-corrected chi connectivity index (χ3v) is 6.80. The molecule has 0 aromatic rings. The molecule has 0 radical (unpaired) electrons. The first kappa shape index (κ1) is 18.4. The van der Waals surface area contributed by atoms with Crippen LogP contribution in [-0.2, 0) is 28.6 Å². The summed E-state index contributed by atoms with van der Waals surface area (Å²) < 4.78 is 16.7. The molecule has 0 bridgehead atoms. The normalized spacial score (nSPS) is 40.6. The van der Waals surface area contributed by atoms with Crippen LogP contribution in [0.3, 0.4) is 0 Å². The third-order valence-electron chi connectivity index (χ3n) is 6.33. The number of ketones is 1. The van der Waals surface area contributed by atoms with Gasteiger partial charge in [0.25, 0.3) is 0 Å². The Kier molecular flexibility index (Phi) is 3.95. The summed E-state index contributed by atoms with van der Waals surface area (Å²) in [7, 11) is 0. The van der Waals surface area contributed by atoms with E-state index in [1.54, 1.807) is 20.8 Å². The van der Waals surface area contributed by atoms with Crippen LogP contribution in [-0.4, -0.2) is 41.6 Å². The highest BCUT2D eigenvalue weighted by molar-refractivity contribution is 6.47. The van der Waals surface area contributed by atoms with Gasteiger partial charge in [-0.25, -0.2) is 9.59 Å². The zero-order valence-corrected chi connectivity index (χ0v) is 16.4. The minimum absolute atomic E-state index is 0.171. The van der Waals surface area contributed by atoms with Crippen LogP contribution in [0.1, 0.15) is 34.1 Å². The topological polar surface area (TPSA) is 82.2 Å². The highest BCUT2D eigenvalue weighted by Crippen LogP contribution is 2.51. The van der Waals surface area contributed by atoms with E-state index in [1.807, 2.05) is 6.92 Å². The lowest BCUT2D eigenvalue weighted by molar-refractivity contribution is -0.158. The molecule has 0 N–H and O–H groups in total. The van der Waals surface area contributed by atoms with Gasteiger partial charge in [-0.05, 0) is 33.3 Å². The lowest BCUT2D eigenvalue weighted by Crippen LogP contribution is -2.38. The molecule has 0 unspecified atom stereocenters. The van der Waals surface area contributed by atoms with Gasteiger partial charge in [-0.15, -0.1) is 0 Å². The average molecular weight is 393 g/mol. The van der Waals surface area contributed by atoms with Crippen LogP contribution >= 0.6 is 11.6 Å². The fourth-order valence-electron chi connectivity index (χ4n) is 4.44. The van der Waals surface area contributed by atoms with Crippen LogP contribution in [0.25, 0.3) is 0 Å². The summed E-state index contributed by atoms with van der Waals surface area (Å²) in [4.78, 5) is 37.5. The first-order valence-corrected chi connectivity index (χ1v) is 9.35. The number of Topliss-reactive ketones (excluding diaryl/α,β-unsaturated/α-hetero) is 1. The molecule has 2 aliphatic carbocycles. The standard InChI is InChI=1S/C20H21ClO6/c1-7-6-11(25-19(24)20(5)10(4)27-20)13-9(3)18(23)26-17(13)14-8(2)15(21)16(22)12(7)14/h10-11,13-14,17H,3,6H2,1-2,4-5H3/t10-,11+,13+,14-,17-,20-/m0/s1. The molecule has 144 valence electrons. The zero-order valence-electron chi connectivity index (χ0n) is 15.6. The van der Waals surface area contributed by atoms with Gasteiger partial charge in [0.2, 0.25) is 5.78 Å². The molecule has 0 aromatic carbocycles. The molecule has 0 saturated carbocycles. The van der Waals surface area contributed by atoms with Crippen molar-refractivity contribution in [3.8, 4) is 0 Å². The Bertz CT molecular complexity index is 868. The SMILES string of the molecule is C=C1C(=O)O[C@@H]2[C@H]3C(C)=C(Cl)C(=O)C3=C(C)C[C@@H](OC(=O)[C@@]3(C)O[C@H]3C)[C@@H]12. The number of carbonyl (C=O) groups is 3. The minimum atomic E-state index is -0.974. The average Bonchev–Trinajstić information content (AvgIpc) is 3.07. The molecule has 6 atom stereocenters. The fourth-order valence-corrected chi connectivity index (χ4v) is 4.65. The molecule has 7 heteroatoms. The molecule has 2 saturated heterocycles. The summed E-state index contributed by atoms with van der Waals surface area (Å²) in [6.07, 6.45) is -1.24. The number of allylic oxidation sites excluding steroid dienone is 1. The number of ether oxygens (including phenoxy) is 3. The number of hydrogen-bond acceptors (Lipinski definition) is 6. The van der Waals surface area contributed by atoms with E-state index >= 15 is 0 Å². The van der Waals surface area contributed by atoms with Crippen molar-refractivity contribution >= 4 is 29.3 Å². The first-order valence-electron chi connectivity index (χ1n) is 8.97. The second-order valence-electron chi connectivity index (χ2n) is 7.93. The number of carbonyl (C=O) groups excluding carboxylic acids is 3. The maximum Gasteiger partial charge on any atom is 0.341 e. The van der Waals surface area contributed by atoms with E-state index in [4.69, 9.17) is 25.8 Å². The first-order chi connectivity index (χ1) is 12.6. The Hall–Kier alpha value is -1.92. The van der Waals surface area contributed by atoms with Gasteiger partial charge < -0.3 is 14.2 Å². The van der Waals surface area contributed by atoms with Crippen molar-refractivity contribution in [2.45, 2.75) is 58.0 Å². The molecule has 4 aliphatic rings. The molecule has 2 aliphatic heterocycles. The summed E-state index contributed by atoms with van der Waals surface area (Å²) in [5.41, 5.74) is 1.27. The Labute approximate surface area is 162 Å². The van der Waals surface area contributed by atoms with Crippen molar-refractivity contribution in [2.75, 3.05) is 0 Å². The van der Waals surface area contributed by atoms with Crippen LogP contribution in [0.5, 0.6) is 0 Å². The van der Waals surface area contributed by atoms with E-state index in [0.717, 1.165) is 5.57 Å². The minimum Gasteiger partial charge on any atom is -0.459 e. The lowest BCUT2D eigenvalue weighted by atomic mass is 9.82. The predicted octanol–water partition coefficient (Wildman–Crippen LogP) is 2.61. The van der Waals surface area contributed by atoms with E-state index in [9.17, 15) is 14.4 Å². The largest absolute Gasteiger partial charge is 0.459 e. The molecule has 2 heterocycles. The Morgan fingerprint density at radius 3 is 2.56 bits per heavy atom. The van der Waals surface area contributed by atoms with Gasteiger partial charge in [0.1, 0.15) is 12.2 Å². The van der Waals surface area contributed by atoms with Crippen LogP contribution in [0.15, 0.2) is 33.9 Å². The maximum atomic E-state index is 12.7. The summed E-state index contributed by atoms with van der Waals surface area (Å²) in [5, 5.41) is 0.171. The third kappa shape index (κ3) is 2.46. The Morgan fingerprint density at radius 2 is 1.96 bits per heavy atom. The van der Waals surface area contributed by atoms with Gasteiger partial charge in [-0.2, -0.15) is 0 Å². The smallest absolute Gasteiger partial charge is 0.341 e. The molecule has 4 rings (SSSR count). The van der Waals surface area contributed by atoms with E-state index in [1.165, 1.54) is 0 Å². The highest BCUT2D eigenvalue weighted by Gasteiger charge is 2.60. The van der Waals surface area contributed by atoms with Gasteiger partial charge in [0, 0.05) is 23.5 Å². The van der Waals surface area contributed by atoms with Gasteiger partial charge in [-0.3, -0.25) is 4.79 Å². The summed E-state index contributed by atoms with van der Waals surface area (Å²) >= 11 is 6.21. The van der Waals surface area contributed by atoms with E-state index in [-0.39, 0.29) is 22.5 Å². The molecular formula is C20H21ClO6. The Balaban J connectivity index is 1.74. The fraction of sp³-hybridized carbons (Fsp3) is 0.550. The number of fused-ring (bicyclic) bond motifs is 3. The molecule has 27 heavy (non-hydrogen) atoms. The highest BCUT2D eigenvalue weighted by atomic mass is 35.5. The summed E-state index contributed by atoms with van der Waals surface area (Å²) in [6.45, 7) is 10.9. The molecular weight excluding hydrogens is 372 g/mol. The number of hydrogen-bond donors (Lipinski definition) is 0. The van der Waals surface area contributed by atoms with Crippen molar-refractivity contribution in [2.24, 2.45) is 11.8 Å². The van der Waals surface area contributed by atoms with Crippen molar-refractivity contribution in [1.82, 2.24) is 0 Å². The van der Waals surface area contributed by atoms with Crippen molar-refractivity contribution in [1.29, 1.82) is 0 Å². The maximum absolute atomic E-state index is 12.7.